The first-order chi connectivity index (χ1) is 8.03. The maximum atomic E-state index is 4.67. The van der Waals surface area contributed by atoms with Crippen LogP contribution in [0.25, 0.3) is 0 Å². The first kappa shape index (κ1) is 13.8. The summed E-state index contributed by atoms with van der Waals surface area (Å²) in [5.74, 6) is 1.01. The summed E-state index contributed by atoms with van der Waals surface area (Å²) < 4.78 is 0. The number of nitrogens with zero attached hydrogens (tertiary/aromatic N) is 1. The molecule has 0 spiro atoms. The summed E-state index contributed by atoms with van der Waals surface area (Å²) in [7, 11) is 0. The maximum absolute atomic E-state index is 4.67. The predicted octanol–water partition coefficient (Wildman–Crippen LogP) is 3.62. The van der Waals surface area contributed by atoms with Crippen molar-refractivity contribution in [2.24, 2.45) is 4.99 Å². The van der Waals surface area contributed by atoms with Gasteiger partial charge in [0.2, 0.25) is 0 Å². The lowest BCUT2D eigenvalue weighted by atomic mass is 10.1. The Hall–Kier alpha value is -1.31. The van der Waals surface area contributed by atoms with Crippen molar-refractivity contribution in [1.82, 2.24) is 5.32 Å². The second-order valence-corrected chi connectivity index (χ2v) is 5.32. The van der Waals surface area contributed by atoms with Crippen LogP contribution in [0, 0.1) is 0 Å². The van der Waals surface area contributed by atoms with Crippen LogP contribution in [-0.4, -0.2) is 17.9 Å². The SMILES string of the molecule is CCCCN=C(NC(C)(C)C)c1ccccc1. The highest BCUT2D eigenvalue weighted by atomic mass is 15.0. The Morgan fingerprint density at radius 1 is 1.18 bits per heavy atom. The van der Waals surface area contributed by atoms with Crippen LogP contribution in [0.15, 0.2) is 35.3 Å². The van der Waals surface area contributed by atoms with Crippen LogP contribution in [0.1, 0.15) is 46.1 Å². The number of nitrogens with one attached hydrogen (secondary N) is 1. The third-order valence-electron chi connectivity index (χ3n) is 2.32. The van der Waals surface area contributed by atoms with E-state index in [4.69, 9.17) is 0 Å². The number of rotatable bonds is 4. The van der Waals surface area contributed by atoms with Crippen LogP contribution in [0.4, 0.5) is 0 Å². The van der Waals surface area contributed by atoms with Gasteiger partial charge in [-0.25, -0.2) is 0 Å². The first-order valence-corrected chi connectivity index (χ1v) is 6.41. The van der Waals surface area contributed by atoms with Gasteiger partial charge in [0.25, 0.3) is 0 Å². The molecule has 0 saturated carbocycles. The zero-order chi connectivity index (χ0) is 12.7. The summed E-state index contributed by atoms with van der Waals surface area (Å²) in [6, 6.07) is 10.3. The van der Waals surface area contributed by atoms with E-state index in [9.17, 15) is 0 Å². The minimum atomic E-state index is 0.0425. The molecule has 1 aromatic rings. The van der Waals surface area contributed by atoms with Crippen molar-refractivity contribution in [1.29, 1.82) is 0 Å². The number of unbranched alkanes of at least 4 members (excludes halogenated alkanes) is 1. The Morgan fingerprint density at radius 2 is 1.82 bits per heavy atom. The van der Waals surface area contributed by atoms with Gasteiger partial charge in [-0.2, -0.15) is 0 Å². The molecule has 94 valence electrons. The van der Waals surface area contributed by atoms with Gasteiger partial charge >= 0.3 is 0 Å². The van der Waals surface area contributed by atoms with Gasteiger partial charge < -0.3 is 5.32 Å². The Morgan fingerprint density at radius 3 is 2.35 bits per heavy atom. The fourth-order valence-corrected chi connectivity index (χ4v) is 1.50. The van der Waals surface area contributed by atoms with Gasteiger partial charge in [-0.05, 0) is 27.2 Å². The standard InChI is InChI=1S/C15H24N2/c1-5-6-12-16-14(17-15(2,3)4)13-10-8-7-9-11-13/h7-11H,5-6,12H2,1-4H3,(H,16,17). The molecule has 0 bridgehead atoms. The molecule has 0 aliphatic carbocycles. The molecule has 0 unspecified atom stereocenters. The summed E-state index contributed by atoms with van der Waals surface area (Å²) in [5.41, 5.74) is 1.21. The average molecular weight is 232 g/mol. The van der Waals surface area contributed by atoms with Crippen LogP contribution in [0.3, 0.4) is 0 Å². The van der Waals surface area contributed by atoms with Crippen molar-refractivity contribution in [3.05, 3.63) is 35.9 Å². The van der Waals surface area contributed by atoms with Crippen LogP contribution in [0.2, 0.25) is 0 Å². The molecule has 2 nitrogen and oxygen atoms in total. The van der Waals surface area contributed by atoms with Gasteiger partial charge in [0.05, 0.1) is 0 Å². The van der Waals surface area contributed by atoms with Gasteiger partial charge in [-0.3, -0.25) is 4.99 Å². The predicted molar refractivity (Wildman–Crippen MR) is 75.6 cm³/mol. The van der Waals surface area contributed by atoms with Crippen molar-refractivity contribution in [2.45, 2.75) is 46.1 Å². The number of aliphatic imine (C=N–C) groups is 1. The topological polar surface area (TPSA) is 24.4 Å². The molecule has 0 atom stereocenters. The Bertz CT molecular complexity index is 347. The molecule has 2 heteroatoms. The van der Waals surface area contributed by atoms with Gasteiger partial charge in [-0.15, -0.1) is 0 Å². The molecular weight excluding hydrogens is 208 g/mol. The lowest BCUT2D eigenvalue weighted by Crippen LogP contribution is -2.41. The van der Waals surface area contributed by atoms with Crippen molar-refractivity contribution in [3.63, 3.8) is 0 Å². The fraction of sp³-hybridized carbons (Fsp3) is 0.533. The Labute approximate surface area is 105 Å². The van der Waals surface area contributed by atoms with Crippen LogP contribution in [0.5, 0.6) is 0 Å². The van der Waals surface area contributed by atoms with Gasteiger partial charge in [0, 0.05) is 17.6 Å². The van der Waals surface area contributed by atoms with Crippen molar-refractivity contribution < 1.29 is 0 Å². The highest BCUT2D eigenvalue weighted by Crippen LogP contribution is 2.06. The van der Waals surface area contributed by atoms with Gasteiger partial charge in [0.1, 0.15) is 5.84 Å². The van der Waals surface area contributed by atoms with Crippen LogP contribution < -0.4 is 5.32 Å². The summed E-state index contributed by atoms with van der Waals surface area (Å²) in [5, 5.41) is 3.48. The van der Waals surface area contributed by atoms with E-state index in [1.165, 1.54) is 12.0 Å². The summed E-state index contributed by atoms with van der Waals surface area (Å²) >= 11 is 0. The summed E-state index contributed by atoms with van der Waals surface area (Å²) in [4.78, 5) is 4.67. The minimum Gasteiger partial charge on any atom is -0.365 e. The zero-order valence-electron chi connectivity index (χ0n) is 11.5. The normalized spacial score (nSPS) is 12.6. The highest BCUT2D eigenvalue weighted by Gasteiger charge is 2.13. The monoisotopic (exact) mass is 232 g/mol. The van der Waals surface area contributed by atoms with E-state index < -0.39 is 0 Å². The molecule has 0 aliphatic rings. The van der Waals surface area contributed by atoms with Gasteiger partial charge in [-0.1, -0.05) is 43.7 Å². The minimum absolute atomic E-state index is 0.0425. The zero-order valence-corrected chi connectivity index (χ0v) is 11.5. The number of amidine groups is 1. The highest BCUT2D eigenvalue weighted by molar-refractivity contribution is 5.99. The molecule has 0 radical (unpaired) electrons. The number of hydrogen-bond donors (Lipinski definition) is 1. The second kappa shape index (κ2) is 6.43. The lowest BCUT2D eigenvalue weighted by molar-refractivity contribution is 0.511. The van der Waals surface area contributed by atoms with Crippen LogP contribution in [-0.2, 0) is 0 Å². The molecular formula is C15H24N2. The van der Waals surface area contributed by atoms with E-state index in [-0.39, 0.29) is 5.54 Å². The largest absolute Gasteiger partial charge is 0.365 e. The molecule has 0 aromatic heterocycles. The number of benzene rings is 1. The molecule has 1 rings (SSSR count). The third kappa shape index (κ3) is 5.53. The van der Waals surface area contributed by atoms with Crippen molar-refractivity contribution >= 4 is 5.84 Å². The molecule has 0 aliphatic heterocycles. The smallest absolute Gasteiger partial charge is 0.128 e. The second-order valence-electron chi connectivity index (χ2n) is 5.32. The quantitative estimate of drug-likeness (QED) is 0.478. The van der Waals surface area contributed by atoms with E-state index in [1.54, 1.807) is 0 Å². The maximum Gasteiger partial charge on any atom is 0.128 e. The van der Waals surface area contributed by atoms with E-state index in [0.717, 1.165) is 18.8 Å². The lowest BCUT2D eigenvalue weighted by Gasteiger charge is -2.23. The third-order valence-corrected chi connectivity index (χ3v) is 2.32. The first-order valence-electron chi connectivity index (χ1n) is 6.41. The molecule has 0 heterocycles. The van der Waals surface area contributed by atoms with E-state index in [0.29, 0.717) is 0 Å². The van der Waals surface area contributed by atoms with Crippen LogP contribution >= 0.6 is 0 Å². The molecule has 1 aromatic carbocycles. The Kier molecular flexibility index (Phi) is 5.20. The van der Waals surface area contributed by atoms with E-state index in [2.05, 4.69) is 62.3 Å². The van der Waals surface area contributed by atoms with Gasteiger partial charge in [0.15, 0.2) is 0 Å². The van der Waals surface area contributed by atoms with E-state index >= 15 is 0 Å². The average Bonchev–Trinajstić information content (AvgIpc) is 2.28. The summed E-state index contributed by atoms with van der Waals surface area (Å²) in [6.45, 7) is 9.56. The molecule has 0 fully saturated rings. The molecule has 17 heavy (non-hydrogen) atoms. The van der Waals surface area contributed by atoms with Crippen molar-refractivity contribution in [3.8, 4) is 0 Å². The molecule has 0 amide bonds. The van der Waals surface area contributed by atoms with E-state index in [1.807, 2.05) is 6.07 Å². The fourth-order valence-electron chi connectivity index (χ4n) is 1.50. The molecule has 0 saturated heterocycles. The Balaban J connectivity index is 2.83. The summed E-state index contributed by atoms with van der Waals surface area (Å²) in [6.07, 6.45) is 2.32. The number of hydrogen-bond acceptors (Lipinski definition) is 1. The van der Waals surface area contributed by atoms with Crippen molar-refractivity contribution in [2.75, 3.05) is 6.54 Å². The molecule has 1 N–H and O–H groups in total.